The van der Waals surface area contributed by atoms with E-state index in [9.17, 15) is 9.59 Å². The quantitative estimate of drug-likeness (QED) is 0.668. The first kappa shape index (κ1) is 18.2. The van der Waals surface area contributed by atoms with Crippen LogP contribution < -0.4 is 10.6 Å². The van der Waals surface area contributed by atoms with E-state index in [2.05, 4.69) is 17.6 Å². The SMILES string of the molecule is CCCCSCCCNC(=O)C[C@@H]1Sc2ccccc2NC1=O. The number of hydrogen-bond acceptors (Lipinski definition) is 4. The molecule has 0 saturated heterocycles. The van der Waals surface area contributed by atoms with Crippen LogP contribution in [-0.4, -0.2) is 35.1 Å². The average Bonchev–Trinajstić information content (AvgIpc) is 2.55. The number of anilines is 1. The van der Waals surface area contributed by atoms with Gasteiger partial charge in [0, 0.05) is 17.9 Å². The van der Waals surface area contributed by atoms with E-state index in [1.54, 1.807) is 0 Å². The number of rotatable bonds is 9. The minimum absolute atomic E-state index is 0.0458. The number of carbonyl (C=O) groups excluding carboxylic acids is 2. The monoisotopic (exact) mass is 352 g/mol. The molecule has 126 valence electrons. The van der Waals surface area contributed by atoms with Crippen LogP contribution in [0.3, 0.4) is 0 Å². The summed E-state index contributed by atoms with van der Waals surface area (Å²) >= 11 is 3.41. The van der Waals surface area contributed by atoms with Gasteiger partial charge in [0.05, 0.1) is 10.9 Å². The predicted octanol–water partition coefficient (Wildman–Crippen LogP) is 3.53. The van der Waals surface area contributed by atoms with Gasteiger partial charge in [-0.25, -0.2) is 0 Å². The molecule has 0 aliphatic carbocycles. The van der Waals surface area contributed by atoms with Crippen LogP contribution in [0, 0.1) is 0 Å². The van der Waals surface area contributed by atoms with E-state index >= 15 is 0 Å². The second kappa shape index (κ2) is 9.88. The lowest BCUT2D eigenvalue weighted by atomic mass is 10.2. The van der Waals surface area contributed by atoms with Crippen molar-refractivity contribution in [3.05, 3.63) is 24.3 Å². The van der Waals surface area contributed by atoms with E-state index in [1.165, 1.54) is 30.4 Å². The second-order valence-corrected chi connectivity index (χ2v) is 7.93. The molecule has 0 unspecified atom stereocenters. The third-order valence-electron chi connectivity index (χ3n) is 3.51. The van der Waals surface area contributed by atoms with Gasteiger partial charge in [-0.2, -0.15) is 11.8 Å². The fourth-order valence-corrected chi connectivity index (χ4v) is 4.37. The standard InChI is InChI=1S/C17H24N2O2S2/c1-2-3-10-22-11-6-9-18-16(20)12-15-17(21)19-13-7-4-5-8-14(13)23-15/h4-5,7-8,15H,2-3,6,9-12H2,1H3,(H,18,20)(H,19,21)/t15-/m0/s1. The molecular weight excluding hydrogens is 328 g/mol. The summed E-state index contributed by atoms with van der Waals surface area (Å²) < 4.78 is 0. The lowest BCUT2D eigenvalue weighted by Gasteiger charge is -2.23. The normalized spacial score (nSPS) is 16.6. The first-order valence-corrected chi connectivity index (χ1v) is 10.1. The van der Waals surface area contributed by atoms with Gasteiger partial charge in [-0.05, 0) is 36.5 Å². The van der Waals surface area contributed by atoms with Gasteiger partial charge in [0.25, 0.3) is 0 Å². The van der Waals surface area contributed by atoms with Crippen LogP contribution in [0.2, 0.25) is 0 Å². The van der Waals surface area contributed by atoms with E-state index in [1.807, 2.05) is 36.0 Å². The molecule has 1 aromatic carbocycles. The first-order chi connectivity index (χ1) is 11.2. The van der Waals surface area contributed by atoms with Crippen molar-refractivity contribution in [2.45, 2.75) is 42.8 Å². The van der Waals surface area contributed by atoms with Crippen LogP contribution in [-0.2, 0) is 9.59 Å². The minimum Gasteiger partial charge on any atom is -0.356 e. The Labute approximate surface area is 146 Å². The highest BCUT2D eigenvalue weighted by atomic mass is 32.2. The molecule has 0 fully saturated rings. The van der Waals surface area contributed by atoms with Crippen molar-refractivity contribution in [2.24, 2.45) is 0 Å². The van der Waals surface area contributed by atoms with Crippen molar-refractivity contribution in [1.29, 1.82) is 0 Å². The zero-order valence-electron chi connectivity index (χ0n) is 13.5. The number of para-hydroxylation sites is 1. The van der Waals surface area contributed by atoms with E-state index in [4.69, 9.17) is 0 Å². The number of amides is 2. The van der Waals surface area contributed by atoms with Gasteiger partial charge in [-0.15, -0.1) is 11.8 Å². The summed E-state index contributed by atoms with van der Waals surface area (Å²) in [6.45, 7) is 2.88. The molecule has 0 saturated carbocycles. The van der Waals surface area contributed by atoms with E-state index < -0.39 is 0 Å². The molecule has 2 N–H and O–H groups in total. The molecule has 1 aliphatic heterocycles. The molecule has 1 heterocycles. The lowest BCUT2D eigenvalue weighted by molar-refractivity contribution is -0.124. The van der Waals surface area contributed by atoms with Gasteiger partial charge < -0.3 is 10.6 Å². The van der Waals surface area contributed by atoms with Crippen LogP contribution in [0.25, 0.3) is 0 Å². The van der Waals surface area contributed by atoms with Crippen molar-refractivity contribution >= 4 is 41.0 Å². The van der Waals surface area contributed by atoms with Crippen LogP contribution in [0.4, 0.5) is 5.69 Å². The highest BCUT2D eigenvalue weighted by molar-refractivity contribution is 8.01. The van der Waals surface area contributed by atoms with Crippen LogP contribution in [0.15, 0.2) is 29.2 Å². The van der Waals surface area contributed by atoms with Gasteiger partial charge in [-0.1, -0.05) is 25.5 Å². The molecule has 0 spiro atoms. The van der Waals surface area contributed by atoms with E-state index in [0.29, 0.717) is 6.54 Å². The molecule has 0 bridgehead atoms. The highest BCUT2D eigenvalue weighted by Crippen LogP contribution is 2.36. The van der Waals surface area contributed by atoms with Gasteiger partial charge in [0.1, 0.15) is 0 Å². The maximum Gasteiger partial charge on any atom is 0.238 e. The summed E-state index contributed by atoms with van der Waals surface area (Å²) in [5, 5.41) is 5.44. The Morgan fingerprint density at radius 2 is 2.09 bits per heavy atom. The van der Waals surface area contributed by atoms with Crippen LogP contribution in [0.1, 0.15) is 32.6 Å². The van der Waals surface area contributed by atoms with E-state index in [-0.39, 0.29) is 23.5 Å². The number of thioether (sulfide) groups is 2. The van der Waals surface area contributed by atoms with Crippen LogP contribution in [0.5, 0.6) is 0 Å². The largest absolute Gasteiger partial charge is 0.356 e. The van der Waals surface area contributed by atoms with Gasteiger partial charge in [-0.3, -0.25) is 9.59 Å². The molecule has 1 atom stereocenters. The maximum absolute atomic E-state index is 12.1. The fraction of sp³-hybridized carbons (Fsp3) is 0.529. The zero-order chi connectivity index (χ0) is 16.5. The predicted molar refractivity (Wildman–Crippen MR) is 99.2 cm³/mol. The maximum atomic E-state index is 12.1. The molecule has 23 heavy (non-hydrogen) atoms. The number of nitrogens with one attached hydrogen (secondary N) is 2. The smallest absolute Gasteiger partial charge is 0.238 e. The van der Waals surface area contributed by atoms with Gasteiger partial charge in [0.2, 0.25) is 11.8 Å². The summed E-state index contributed by atoms with van der Waals surface area (Å²) in [4.78, 5) is 25.1. The molecule has 6 heteroatoms. The van der Waals surface area contributed by atoms with Crippen molar-refractivity contribution in [3.63, 3.8) is 0 Å². The summed E-state index contributed by atoms with van der Waals surface area (Å²) in [5.41, 5.74) is 0.836. The lowest BCUT2D eigenvalue weighted by Crippen LogP contribution is -2.35. The first-order valence-electron chi connectivity index (χ1n) is 8.11. The number of unbranched alkanes of at least 4 members (excludes halogenated alkanes) is 1. The molecule has 4 nitrogen and oxygen atoms in total. The third kappa shape index (κ3) is 6.11. The summed E-state index contributed by atoms with van der Waals surface area (Å²) in [6.07, 6.45) is 3.70. The summed E-state index contributed by atoms with van der Waals surface area (Å²) in [5.74, 6) is 2.14. The summed E-state index contributed by atoms with van der Waals surface area (Å²) in [6, 6.07) is 7.69. The topological polar surface area (TPSA) is 58.2 Å². The van der Waals surface area contributed by atoms with Crippen molar-refractivity contribution in [1.82, 2.24) is 5.32 Å². The van der Waals surface area contributed by atoms with Crippen molar-refractivity contribution in [3.8, 4) is 0 Å². The number of hydrogen-bond donors (Lipinski definition) is 2. The molecule has 2 rings (SSSR count). The molecule has 1 aliphatic rings. The second-order valence-electron chi connectivity index (χ2n) is 5.47. The van der Waals surface area contributed by atoms with E-state index in [0.717, 1.165) is 22.8 Å². The highest BCUT2D eigenvalue weighted by Gasteiger charge is 2.28. The molecule has 0 radical (unpaired) electrons. The average molecular weight is 353 g/mol. The van der Waals surface area contributed by atoms with Crippen molar-refractivity contribution < 1.29 is 9.59 Å². The van der Waals surface area contributed by atoms with Crippen LogP contribution >= 0.6 is 23.5 Å². The number of benzene rings is 1. The third-order valence-corrected chi connectivity index (χ3v) is 5.94. The number of carbonyl (C=O) groups is 2. The van der Waals surface area contributed by atoms with Gasteiger partial charge >= 0.3 is 0 Å². The minimum atomic E-state index is -0.344. The fourth-order valence-electron chi connectivity index (χ4n) is 2.22. The Hall–Kier alpha value is -1.14. The Kier molecular flexibility index (Phi) is 7.82. The number of fused-ring (bicyclic) bond motifs is 1. The molecule has 2 amide bonds. The van der Waals surface area contributed by atoms with Gasteiger partial charge in [0.15, 0.2) is 0 Å². The molecular formula is C17H24N2O2S2. The summed E-state index contributed by atoms with van der Waals surface area (Å²) in [7, 11) is 0. The molecule has 1 aromatic rings. The zero-order valence-corrected chi connectivity index (χ0v) is 15.1. The Morgan fingerprint density at radius 3 is 2.91 bits per heavy atom. The Balaban J connectivity index is 1.66. The molecule has 0 aromatic heterocycles. The van der Waals surface area contributed by atoms with Crippen molar-refractivity contribution in [2.75, 3.05) is 23.4 Å². The Morgan fingerprint density at radius 1 is 1.30 bits per heavy atom. The Bertz CT molecular complexity index is 537.